The van der Waals surface area contributed by atoms with E-state index in [1.807, 2.05) is 38.9 Å². The molecule has 1 N–H and O–H groups in total. The van der Waals surface area contributed by atoms with Gasteiger partial charge in [0.05, 0.1) is 11.2 Å². The smallest absolute Gasteiger partial charge is 0.291 e. The molecule has 0 aliphatic carbocycles. The van der Waals surface area contributed by atoms with Gasteiger partial charge >= 0.3 is 0 Å². The predicted octanol–water partition coefficient (Wildman–Crippen LogP) is 5.24. The van der Waals surface area contributed by atoms with Gasteiger partial charge < -0.3 is 14.6 Å². The first-order chi connectivity index (χ1) is 15.6. The first-order valence-electron chi connectivity index (χ1n) is 10.6. The van der Waals surface area contributed by atoms with E-state index < -0.39 is 10.0 Å². The molecule has 3 rings (SSSR count). The van der Waals surface area contributed by atoms with Crippen LogP contribution in [-0.4, -0.2) is 38.8 Å². The van der Waals surface area contributed by atoms with Gasteiger partial charge in [-0.05, 0) is 67.4 Å². The Kier molecular flexibility index (Phi) is 7.84. The molecule has 1 atom stereocenters. The van der Waals surface area contributed by atoms with Gasteiger partial charge in [0.1, 0.15) is 0 Å². The maximum Gasteiger partial charge on any atom is 0.291 e. The highest BCUT2D eigenvalue weighted by Crippen LogP contribution is 2.29. The number of hydrogen-bond donors (Lipinski definition) is 1. The van der Waals surface area contributed by atoms with Crippen LogP contribution in [0.15, 0.2) is 70.2 Å². The Labute approximate surface area is 200 Å². The third kappa shape index (κ3) is 5.76. The molecule has 3 aromatic rings. The van der Waals surface area contributed by atoms with E-state index in [4.69, 9.17) is 16.0 Å². The molecule has 1 unspecified atom stereocenters. The summed E-state index contributed by atoms with van der Waals surface area (Å²) in [6.45, 7) is 3.94. The van der Waals surface area contributed by atoms with Gasteiger partial charge in [-0.15, -0.1) is 0 Å². The van der Waals surface area contributed by atoms with Gasteiger partial charge in [0, 0.05) is 43.1 Å². The number of anilines is 2. The lowest BCUT2D eigenvalue weighted by atomic mass is 10.1. The van der Waals surface area contributed by atoms with Crippen molar-refractivity contribution in [2.24, 2.45) is 0 Å². The maximum atomic E-state index is 13.6. The summed E-state index contributed by atoms with van der Waals surface area (Å²) in [5.41, 5.74) is 2.14. The van der Waals surface area contributed by atoms with Crippen molar-refractivity contribution in [1.29, 1.82) is 0 Å². The molecule has 1 aromatic heterocycles. The fourth-order valence-electron chi connectivity index (χ4n) is 3.44. The Morgan fingerprint density at radius 2 is 1.88 bits per heavy atom. The fraction of sp³-hybridized carbons (Fsp3) is 0.292. The number of halogens is 1. The molecule has 0 aliphatic rings. The van der Waals surface area contributed by atoms with Gasteiger partial charge in [-0.1, -0.05) is 24.6 Å². The average molecular weight is 490 g/mol. The van der Waals surface area contributed by atoms with Gasteiger partial charge in [-0.3, -0.25) is 4.79 Å². The number of carbonyl (C=O) groups is 1. The van der Waals surface area contributed by atoms with E-state index in [1.54, 1.807) is 42.5 Å². The molecule has 33 heavy (non-hydrogen) atoms. The van der Waals surface area contributed by atoms with E-state index in [1.165, 1.54) is 16.6 Å². The summed E-state index contributed by atoms with van der Waals surface area (Å²) in [6, 6.07) is 14.6. The molecule has 0 saturated carbocycles. The zero-order chi connectivity index (χ0) is 24.2. The van der Waals surface area contributed by atoms with E-state index in [0.29, 0.717) is 17.1 Å². The summed E-state index contributed by atoms with van der Waals surface area (Å²) in [7, 11) is -0.0431. The summed E-state index contributed by atoms with van der Waals surface area (Å²) in [5, 5.41) is 3.17. The molecule has 0 radical (unpaired) electrons. The molecule has 0 saturated heterocycles. The number of furan rings is 1. The molecule has 0 bridgehead atoms. The summed E-state index contributed by atoms with van der Waals surface area (Å²) in [4.78, 5) is 14.5. The Morgan fingerprint density at radius 3 is 2.48 bits per heavy atom. The highest BCUT2D eigenvalue weighted by Gasteiger charge is 2.29. The van der Waals surface area contributed by atoms with Crippen LogP contribution in [0, 0.1) is 0 Å². The standard InChI is InChI=1S/C24H28ClN3O4S/c1-5-17(2)28(33(30,31)21-9-6-8-19(25)15-21)16-18-14-20(11-12-22(18)27(3)4)26-24(29)23-10-7-13-32-23/h6-15,17H,5,16H2,1-4H3,(H,26,29). The largest absolute Gasteiger partial charge is 0.459 e. The number of rotatable bonds is 9. The van der Waals surface area contributed by atoms with E-state index >= 15 is 0 Å². The SMILES string of the molecule is CCC(C)N(Cc1cc(NC(=O)c2ccco2)ccc1N(C)C)S(=O)(=O)c1cccc(Cl)c1. The van der Waals surface area contributed by atoms with Gasteiger partial charge in [0.15, 0.2) is 5.76 Å². The van der Waals surface area contributed by atoms with Crippen LogP contribution >= 0.6 is 11.6 Å². The van der Waals surface area contributed by atoms with E-state index in [9.17, 15) is 13.2 Å². The predicted molar refractivity (Wildman–Crippen MR) is 131 cm³/mol. The fourth-order valence-corrected chi connectivity index (χ4v) is 5.42. The van der Waals surface area contributed by atoms with Crippen molar-refractivity contribution in [1.82, 2.24) is 4.31 Å². The van der Waals surface area contributed by atoms with Crippen molar-refractivity contribution in [2.45, 2.75) is 37.8 Å². The van der Waals surface area contributed by atoms with Crippen molar-refractivity contribution >= 4 is 38.9 Å². The molecule has 7 nitrogen and oxygen atoms in total. The van der Waals surface area contributed by atoms with Crippen LogP contribution < -0.4 is 10.2 Å². The second-order valence-electron chi connectivity index (χ2n) is 7.93. The van der Waals surface area contributed by atoms with Gasteiger partial charge in [-0.25, -0.2) is 8.42 Å². The van der Waals surface area contributed by atoms with Crippen molar-refractivity contribution in [3.05, 3.63) is 77.2 Å². The van der Waals surface area contributed by atoms with E-state index in [-0.39, 0.29) is 29.1 Å². The van der Waals surface area contributed by atoms with Crippen molar-refractivity contribution in [3.8, 4) is 0 Å². The number of nitrogens with zero attached hydrogens (tertiary/aromatic N) is 2. The van der Waals surface area contributed by atoms with Crippen LogP contribution in [0.1, 0.15) is 36.4 Å². The van der Waals surface area contributed by atoms with Gasteiger partial charge in [0.25, 0.3) is 5.91 Å². The lowest BCUT2D eigenvalue weighted by Gasteiger charge is -2.30. The van der Waals surface area contributed by atoms with Crippen molar-refractivity contribution in [2.75, 3.05) is 24.3 Å². The molecule has 2 aromatic carbocycles. The Hall–Kier alpha value is -2.81. The molecule has 9 heteroatoms. The molecule has 0 spiro atoms. The minimum Gasteiger partial charge on any atom is -0.459 e. The van der Waals surface area contributed by atoms with E-state index in [0.717, 1.165) is 11.3 Å². The van der Waals surface area contributed by atoms with Crippen LogP contribution in [-0.2, 0) is 16.6 Å². The normalized spacial score (nSPS) is 12.5. The minimum atomic E-state index is -3.82. The zero-order valence-electron chi connectivity index (χ0n) is 19.1. The minimum absolute atomic E-state index is 0.127. The third-order valence-electron chi connectivity index (χ3n) is 5.38. The average Bonchev–Trinajstić information content (AvgIpc) is 3.32. The van der Waals surface area contributed by atoms with Crippen molar-refractivity contribution < 1.29 is 17.6 Å². The molecular formula is C24H28ClN3O4S. The number of hydrogen-bond acceptors (Lipinski definition) is 5. The first-order valence-corrected chi connectivity index (χ1v) is 12.4. The van der Waals surface area contributed by atoms with Crippen molar-refractivity contribution in [3.63, 3.8) is 0 Å². The third-order valence-corrected chi connectivity index (χ3v) is 7.57. The lowest BCUT2D eigenvalue weighted by molar-refractivity contribution is 0.0996. The number of carbonyl (C=O) groups excluding carboxylic acids is 1. The second-order valence-corrected chi connectivity index (χ2v) is 10.3. The number of benzene rings is 2. The summed E-state index contributed by atoms with van der Waals surface area (Å²) in [6.07, 6.45) is 2.06. The molecule has 0 aliphatic heterocycles. The summed E-state index contributed by atoms with van der Waals surface area (Å²) < 4.78 is 33.7. The highest BCUT2D eigenvalue weighted by molar-refractivity contribution is 7.89. The number of amides is 1. The molecule has 176 valence electrons. The van der Waals surface area contributed by atoms with Gasteiger partial charge in [0.2, 0.25) is 10.0 Å². The number of nitrogens with one attached hydrogen (secondary N) is 1. The quantitative estimate of drug-likeness (QED) is 0.444. The number of sulfonamides is 1. The Bertz CT molecular complexity index is 1210. The summed E-state index contributed by atoms with van der Waals surface area (Å²) >= 11 is 6.07. The van der Waals surface area contributed by atoms with Crippen LogP contribution in [0.4, 0.5) is 11.4 Å². The highest BCUT2D eigenvalue weighted by atomic mass is 35.5. The lowest BCUT2D eigenvalue weighted by Crippen LogP contribution is -2.38. The van der Waals surface area contributed by atoms with Crippen LogP contribution in [0.3, 0.4) is 0 Å². The molecule has 0 fully saturated rings. The Balaban J connectivity index is 1.99. The summed E-state index contributed by atoms with van der Waals surface area (Å²) in [5.74, 6) is -0.188. The molecule has 1 heterocycles. The van der Waals surface area contributed by atoms with Crippen LogP contribution in [0.2, 0.25) is 5.02 Å². The second kappa shape index (κ2) is 10.4. The van der Waals surface area contributed by atoms with E-state index in [2.05, 4.69) is 5.32 Å². The first kappa shape index (κ1) is 24.8. The van der Waals surface area contributed by atoms with Gasteiger partial charge in [-0.2, -0.15) is 4.31 Å². The maximum absolute atomic E-state index is 13.6. The molecular weight excluding hydrogens is 462 g/mol. The monoisotopic (exact) mass is 489 g/mol. The zero-order valence-corrected chi connectivity index (χ0v) is 20.7. The molecule has 1 amide bonds. The Morgan fingerprint density at radius 1 is 1.12 bits per heavy atom. The topological polar surface area (TPSA) is 82.9 Å². The van der Waals surface area contributed by atoms with Crippen LogP contribution in [0.25, 0.3) is 0 Å². The van der Waals surface area contributed by atoms with Crippen LogP contribution in [0.5, 0.6) is 0 Å².